The third-order valence-corrected chi connectivity index (χ3v) is 3.61. The molecule has 1 N–H and O–H groups in total. The Kier molecular flexibility index (Phi) is 3.79. The highest BCUT2D eigenvalue weighted by Crippen LogP contribution is 2.39. The molecule has 1 aromatic rings. The number of hydrogen-bond donors (Lipinski definition) is 1. The molecular formula is C15H24N2O. The minimum atomic E-state index is 0.295. The van der Waals surface area contributed by atoms with Crippen LogP contribution in [0.4, 0.5) is 5.82 Å². The summed E-state index contributed by atoms with van der Waals surface area (Å²) in [4.78, 5) is 4.42. The highest BCUT2D eigenvalue weighted by molar-refractivity contribution is 5.36. The molecular weight excluding hydrogens is 224 g/mol. The first kappa shape index (κ1) is 13.2. The Morgan fingerprint density at radius 1 is 1.33 bits per heavy atom. The zero-order chi connectivity index (χ0) is 13.2. The van der Waals surface area contributed by atoms with Gasteiger partial charge in [0.2, 0.25) is 5.88 Å². The van der Waals surface area contributed by atoms with E-state index in [-0.39, 0.29) is 0 Å². The van der Waals surface area contributed by atoms with Crippen LogP contribution in [0, 0.1) is 11.3 Å². The van der Waals surface area contributed by atoms with Gasteiger partial charge in [-0.05, 0) is 36.7 Å². The van der Waals surface area contributed by atoms with Gasteiger partial charge in [-0.15, -0.1) is 0 Å². The van der Waals surface area contributed by atoms with E-state index in [1.54, 1.807) is 0 Å². The molecule has 0 aliphatic heterocycles. The number of aromatic nitrogens is 1. The van der Waals surface area contributed by atoms with E-state index in [4.69, 9.17) is 4.74 Å². The van der Waals surface area contributed by atoms with Crippen molar-refractivity contribution in [2.24, 2.45) is 11.3 Å². The maximum absolute atomic E-state index is 6.05. The summed E-state index contributed by atoms with van der Waals surface area (Å²) < 4.78 is 6.05. The minimum Gasteiger partial charge on any atom is -0.474 e. The molecule has 0 bridgehead atoms. The predicted octanol–water partition coefficient (Wildman–Crippen LogP) is 3.72. The van der Waals surface area contributed by atoms with Gasteiger partial charge in [0.25, 0.3) is 0 Å². The lowest BCUT2D eigenvalue weighted by molar-refractivity contribution is 0.0534. The second-order valence-electron chi connectivity index (χ2n) is 6.26. The van der Waals surface area contributed by atoms with E-state index in [0.29, 0.717) is 11.5 Å². The summed E-state index contributed by atoms with van der Waals surface area (Å²) in [7, 11) is 1.87. The summed E-state index contributed by atoms with van der Waals surface area (Å²) in [5.41, 5.74) is 0.378. The maximum Gasteiger partial charge on any atom is 0.215 e. The summed E-state index contributed by atoms with van der Waals surface area (Å²) in [5.74, 6) is 2.32. The number of nitrogens with one attached hydrogen (secondary N) is 1. The van der Waals surface area contributed by atoms with E-state index in [1.807, 2.05) is 25.2 Å². The largest absolute Gasteiger partial charge is 0.474 e. The van der Waals surface area contributed by atoms with Crippen molar-refractivity contribution >= 4 is 5.82 Å². The zero-order valence-electron chi connectivity index (χ0n) is 11.9. The van der Waals surface area contributed by atoms with Gasteiger partial charge < -0.3 is 10.1 Å². The molecule has 0 aromatic carbocycles. The average molecular weight is 248 g/mol. The monoisotopic (exact) mass is 248 g/mol. The zero-order valence-corrected chi connectivity index (χ0v) is 11.9. The third kappa shape index (κ3) is 3.37. The SMILES string of the molecule is CNc1cccc(OC2CC(C)CC(C)(C)C2)n1. The lowest BCUT2D eigenvalue weighted by Crippen LogP contribution is -2.34. The van der Waals surface area contributed by atoms with Crippen LogP contribution < -0.4 is 10.1 Å². The summed E-state index contributed by atoms with van der Waals surface area (Å²) in [6.45, 7) is 6.97. The van der Waals surface area contributed by atoms with Crippen molar-refractivity contribution in [3.05, 3.63) is 18.2 Å². The van der Waals surface area contributed by atoms with E-state index < -0.39 is 0 Å². The van der Waals surface area contributed by atoms with Crippen LogP contribution in [0.3, 0.4) is 0 Å². The van der Waals surface area contributed by atoms with Gasteiger partial charge in [-0.2, -0.15) is 4.98 Å². The number of hydrogen-bond acceptors (Lipinski definition) is 3. The van der Waals surface area contributed by atoms with Gasteiger partial charge in [0, 0.05) is 13.1 Å². The molecule has 2 rings (SSSR count). The van der Waals surface area contributed by atoms with Crippen molar-refractivity contribution in [3.63, 3.8) is 0 Å². The average Bonchev–Trinajstić information content (AvgIpc) is 2.26. The van der Waals surface area contributed by atoms with Gasteiger partial charge in [-0.25, -0.2) is 0 Å². The Morgan fingerprint density at radius 2 is 2.11 bits per heavy atom. The number of ether oxygens (including phenoxy) is 1. The van der Waals surface area contributed by atoms with Crippen LogP contribution in [0.5, 0.6) is 5.88 Å². The summed E-state index contributed by atoms with van der Waals surface area (Å²) in [6, 6.07) is 5.86. The number of nitrogens with zero attached hydrogens (tertiary/aromatic N) is 1. The van der Waals surface area contributed by atoms with E-state index >= 15 is 0 Å². The van der Waals surface area contributed by atoms with Crippen LogP contribution in [0.15, 0.2) is 18.2 Å². The number of pyridine rings is 1. The van der Waals surface area contributed by atoms with Crippen LogP contribution in [0.2, 0.25) is 0 Å². The molecule has 0 radical (unpaired) electrons. The molecule has 18 heavy (non-hydrogen) atoms. The van der Waals surface area contributed by atoms with Gasteiger partial charge in [0.05, 0.1) is 0 Å². The lowest BCUT2D eigenvalue weighted by atomic mass is 9.71. The molecule has 0 amide bonds. The molecule has 2 atom stereocenters. The maximum atomic E-state index is 6.05. The number of anilines is 1. The molecule has 1 fully saturated rings. The van der Waals surface area contributed by atoms with E-state index in [1.165, 1.54) is 6.42 Å². The van der Waals surface area contributed by atoms with Crippen LogP contribution in [-0.2, 0) is 0 Å². The van der Waals surface area contributed by atoms with Crippen molar-refractivity contribution in [2.75, 3.05) is 12.4 Å². The molecule has 1 aliphatic carbocycles. The number of rotatable bonds is 3. The Bertz CT molecular complexity index is 403. The first-order valence-electron chi connectivity index (χ1n) is 6.80. The standard InChI is InChI=1S/C15H24N2O/c1-11-8-12(10-15(2,3)9-11)18-14-7-5-6-13(16-4)17-14/h5-7,11-12H,8-10H2,1-4H3,(H,16,17). The molecule has 100 valence electrons. The van der Waals surface area contributed by atoms with Crippen molar-refractivity contribution < 1.29 is 4.74 Å². The third-order valence-electron chi connectivity index (χ3n) is 3.61. The van der Waals surface area contributed by atoms with E-state index in [0.717, 1.165) is 30.5 Å². The Labute approximate surface area is 110 Å². The molecule has 1 heterocycles. The Balaban J connectivity index is 2.04. The molecule has 1 aliphatic rings. The van der Waals surface area contributed by atoms with Crippen molar-refractivity contribution in [1.82, 2.24) is 4.98 Å². The molecule has 3 heteroatoms. The van der Waals surface area contributed by atoms with Crippen molar-refractivity contribution in [2.45, 2.75) is 46.1 Å². The quantitative estimate of drug-likeness (QED) is 0.885. The highest BCUT2D eigenvalue weighted by Gasteiger charge is 2.33. The molecule has 0 saturated heterocycles. The van der Waals surface area contributed by atoms with E-state index in [2.05, 4.69) is 31.1 Å². The van der Waals surface area contributed by atoms with Crippen LogP contribution >= 0.6 is 0 Å². The second-order valence-corrected chi connectivity index (χ2v) is 6.26. The van der Waals surface area contributed by atoms with Gasteiger partial charge in [-0.1, -0.05) is 26.8 Å². The predicted molar refractivity (Wildman–Crippen MR) is 75.0 cm³/mol. The highest BCUT2D eigenvalue weighted by atomic mass is 16.5. The molecule has 2 unspecified atom stereocenters. The van der Waals surface area contributed by atoms with Gasteiger partial charge >= 0.3 is 0 Å². The lowest BCUT2D eigenvalue weighted by Gasteiger charge is -2.38. The summed E-state index contributed by atoms with van der Waals surface area (Å²) in [5, 5.41) is 3.04. The van der Waals surface area contributed by atoms with Gasteiger partial charge in [0.15, 0.2) is 0 Å². The van der Waals surface area contributed by atoms with Crippen molar-refractivity contribution in [1.29, 1.82) is 0 Å². The fraction of sp³-hybridized carbons (Fsp3) is 0.667. The first-order chi connectivity index (χ1) is 8.48. The smallest absolute Gasteiger partial charge is 0.215 e. The fourth-order valence-corrected chi connectivity index (χ4v) is 3.14. The second kappa shape index (κ2) is 5.17. The van der Waals surface area contributed by atoms with Gasteiger partial charge in [0.1, 0.15) is 11.9 Å². The van der Waals surface area contributed by atoms with Crippen LogP contribution in [0.25, 0.3) is 0 Å². The van der Waals surface area contributed by atoms with Crippen LogP contribution in [-0.4, -0.2) is 18.1 Å². The normalized spacial score (nSPS) is 26.7. The fourth-order valence-electron chi connectivity index (χ4n) is 3.14. The molecule has 1 saturated carbocycles. The Morgan fingerprint density at radius 3 is 2.78 bits per heavy atom. The summed E-state index contributed by atoms with van der Waals surface area (Å²) in [6.07, 6.45) is 3.83. The molecule has 3 nitrogen and oxygen atoms in total. The van der Waals surface area contributed by atoms with E-state index in [9.17, 15) is 0 Å². The molecule has 0 spiro atoms. The topological polar surface area (TPSA) is 34.1 Å². The van der Waals surface area contributed by atoms with Crippen LogP contribution in [0.1, 0.15) is 40.0 Å². The van der Waals surface area contributed by atoms with Gasteiger partial charge in [-0.3, -0.25) is 0 Å². The summed E-state index contributed by atoms with van der Waals surface area (Å²) >= 11 is 0. The minimum absolute atomic E-state index is 0.295. The Hall–Kier alpha value is -1.25. The van der Waals surface area contributed by atoms with Crippen molar-refractivity contribution in [3.8, 4) is 5.88 Å². The molecule has 1 aromatic heterocycles. The first-order valence-corrected chi connectivity index (χ1v) is 6.80.